The maximum atomic E-state index is 12.8. The van der Waals surface area contributed by atoms with E-state index in [4.69, 9.17) is 0 Å². The Labute approximate surface area is 98.5 Å². The molecule has 0 saturated carbocycles. The second-order valence-corrected chi connectivity index (χ2v) is 4.15. The van der Waals surface area contributed by atoms with Crippen LogP contribution in [0.25, 0.3) is 11.4 Å². The van der Waals surface area contributed by atoms with Crippen molar-refractivity contribution in [3.05, 3.63) is 35.7 Å². The topological polar surface area (TPSA) is 42.7 Å². The molecule has 17 heavy (non-hydrogen) atoms. The van der Waals surface area contributed by atoms with Gasteiger partial charge in [-0.25, -0.2) is 9.37 Å². The van der Waals surface area contributed by atoms with E-state index < -0.39 is 0 Å². The van der Waals surface area contributed by atoms with Crippen molar-refractivity contribution >= 4 is 0 Å². The lowest BCUT2D eigenvalue weighted by molar-refractivity contribution is 0.499. The van der Waals surface area contributed by atoms with Crippen LogP contribution < -0.4 is 5.32 Å². The van der Waals surface area contributed by atoms with Crippen LogP contribution in [0.3, 0.4) is 0 Å². The van der Waals surface area contributed by atoms with Crippen molar-refractivity contribution in [2.24, 2.45) is 0 Å². The minimum Gasteiger partial charge on any atom is -0.329 e. The number of aromatic nitrogens is 3. The molecule has 3 rings (SSSR count). The maximum absolute atomic E-state index is 12.8. The van der Waals surface area contributed by atoms with Gasteiger partial charge in [0.2, 0.25) is 0 Å². The minimum absolute atomic E-state index is 0.322. The lowest BCUT2D eigenvalue weighted by atomic mass is 10.2. The van der Waals surface area contributed by atoms with Crippen molar-refractivity contribution in [1.29, 1.82) is 0 Å². The highest BCUT2D eigenvalue weighted by molar-refractivity contribution is 5.57. The zero-order chi connectivity index (χ0) is 11.8. The van der Waals surface area contributed by atoms with Gasteiger partial charge in [-0.1, -0.05) is 0 Å². The van der Waals surface area contributed by atoms with Crippen LogP contribution in [0.4, 0.5) is 4.39 Å². The Morgan fingerprint density at radius 1 is 1.41 bits per heavy atom. The molecule has 0 amide bonds. The summed E-state index contributed by atoms with van der Waals surface area (Å²) in [5.41, 5.74) is 2.68. The molecule has 5 heteroatoms. The molecular formula is C12H13FN4. The van der Waals surface area contributed by atoms with Crippen molar-refractivity contribution in [1.82, 2.24) is 19.9 Å². The minimum atomic E-state index is -0.322. The molecule has 1 aliphatic rings. The fraction of sp³-hybridized carbons (Fsp3) is 0.333. The quantitative estimate of drug-likeness (QED) is 0.810. The van der Waals surface area contributed by atoms with Crippen LogP contribution >= 0.6 is 0 Å². The zero-order valence-electron chi connectivity index (χ0n) is 9.57. The second kappa shape index (κ2) is 3.92. The first-order chi connectivity index (χ1) is 8.25. The van der Waals surface area contributed by atoms with E-state index >= 15 is 0 Å². The normalized spacial score (nSPS) is 14.7. The van der Waals surface area contributed by atoms with Gasteiger partial charge in [0.25, 0.3) is 0 Å². The lowest BCUT2D eigenvalue weighted by Crippen LogP contribution is -2.28. The van der Waals surface area contributed by atoms with Crippen LogP contribution in [-0.4, -0.2) is 21.1 Å². The van der Waals surface area contributed by atoms with E-state index in [-0.39, 0.29) is 5.82 Å². The maximum Gasteiger partial charge on any atom is 0.141 e. The van der Waals surface area contributed by atoms with Gasteiger partial charge in [0.1, 0.15) is 17.3 Å². The summed E-state index contributed by atoms with van der Waals surface area (Å²) in [6, 6.07) is 3.09. The standard InChI is InChI=1S/C12H13FN4/c1-8-12(10-3-2-9(13)6-15-10)16-11-7-14-4-5-17(8)11/h2-3,6,14H,4-5,7H2,1H3. The molecule has 2 aromatic rings. The van der Waals surface area contributed by atoms with Gasteiger partial charge in [0.05, 0.1) is 18.4 Å². The number of hydrogen-bond donors (Lipinski definition) is 1. The molecule has 0 atom stereocenters. The number of nitrogens with zero attached hydrogens (tertiary/aromatic N) is 3. The molecular weight excluding hydrogens is 219 g/mol. The summed E-state index contributed by atoms with van der Waals surface area (Å²) in [7, 11) is 0. The first kappa shape index (κ1) is 10.4. The van der Waals surface area contributed by atoms with E-state index in [2.05, 4.69) is 19.9 Å². The first-order valence-electron chi connectivity index (χ1n) is 5.64. The third-order valence-corrected chi connectivity index (χ3v) is 3.07. The molecule has 88 valence electrons. The van der Waals surface area contributed by atoms with Gasteiger partial charge < -0.3 is 9.88 Å². The molecule has 0 unspecified atom stereocenters. The van der Waals surface area contributed by atoms with Crippen molar-refractivity contribution in [3.8, 4) is 11.4 Å². The summed E-state index contributed by atoms with van der Waals surface area (Å²) < 4.78 is 15.0. The first-order valence-corrected chi connectivity index (χ1v) is 5.64. The number of rotatable bonds is 1. The van der Waals surface area contributed by atoms with E-state index in [0.29, 0.717) is 0 Å². The summed E-state index contributed by atoms with van der Waals surface area (Å²) in [4.78, 5) is 8.65. The van der Waals surface area contributed by atoms with Crippen molar-refractivity contribution < 1.29 is 4.39 Å². The van der Waals surface area contributed by atoms with Crippen molar-refractivity contribution in [3.63, 3.8) is 0 Å². The molecule has 0 bridgehead atoms. The fourth-order valence-electron chi connectivity index (χ4n) is 2.17. The average molecular weight is 232 g/mol. The van der Waals surface area contributed by atoms with Crippen LogP contribution in [-0.2, 0) is 13.1 Å². The zero-order valence-corrected chi connectivity index (χ0v) is 9.57. The predicted octanol–water partition coefficient (Wildman–Crippen LogP) is 1.50. The monoisotopic (exact) mass is 232 g/mol. The van der Waals surface area contributed by atoms with E-state index in [1.807, 2.05) is 6.92 Å². The molecule has 2 aromatic heterocycles. The van der Waals surface area contributed by atoms with Gasteiger partial charge in [0.15, 0.2) is 0 Å². The Balaban J connectivity index is 2.09. The molecule has 0 aromatic carbocycles. The number of fused-ring (bicyclic) bond motifs is 1. The van der Waals surface area contributed by atoms with E-state index in [9.17, 15) is 4.39 Å². The van der Waals surface area contributed by atoms with Gasteiger partial charge in [-0.05, 0) is 19.1 Å². The van der Waals surface area contributed by atoms with Crippen LogP contribution in [0.5, 0.6) is 0 Å². The average Bonchev–Trinajstić information content (AvgIpc) is 2.69. The number of pyridine rings is 1. The van der Waals surface area contributed by atoms with Crippen LogP contribution in [0.2, 0.25) is 0 Å². The molecule has 3 heterocycles. The third kappa shape index (κ3) is 1.72. The molecule has 0 aliphatic carbocycles. The summed E-state index contributed by atoms with van der Waals surface area (Å²) in [6.45, 7) is 4.69. The van der Waals surface area contributed by atoms with E-state index in [0.717, 1.165) is 42.5 Å². The van der Waals surface area contributed by atoms with Crippen LogP contribution in [0, 0.1) is 12.7 Å². The third-order valence-electron chi connectivity index (χ3n) is 3.07. The Hall–Kier alpha value is -1.75. The van der Waals surface area contributed by atoms with Gasteiger partial charge in [0, 0.05) is 18.8 Å². The summed E-state index contributed by atoms with van der Waals surface area (Å²) in [5, 5.41) is 3.28. The van der Waals surface area contributed by atoms with Gasteiger partial charge in [-0.2, -0.15) is 0 Å². The number of halogens is 1. The predicted molar refractivity (Wildman–Crippen MR) is 61.9 cm³/mol. The van der Waals surface area contributed by atoms with Crippen molar-refractivity contribution in [2.45, 2.75) is 20.0 Å². The molecule has 0 fully saturated rings. The van der Waals surface area contributed by atoms with Crippen LogP contribution in [0.1, 0.15) is 11.5 Å². The molecule has 1 aliphatic heterocycles. The summed E-state index contributed by atoms with van der Waals surface area (Å²) in [5.74, 6) is 0.701. The fourth-order valence-corrected chi connectivity index (χ4v) is 2.17. The Morgan fingerprint density at radius 2 is 2.29 bits per heavy atom. The highest BCUT2D eigenvalue weighted by atomic mass is 19.1. The molecule has 0 spiro atoms. The molecule has 0 radical (unpaired) electrons. The number of nitrogens with one attached hydrogen (secondary N) is 1. The Kier molecular flexibility index (Phi) is 2.40. The van der Waals surface area contributed by atoms with Crippen LogP contribution in [0.15, 0.2) is 18.3 Å². The van der Waals surface area contributed by atoms with Gasteiger partial charge in [-0.15, -0.1) is 0 Å². The lowest BCUT2D eigenvalue weighted by Gasteiger charge is -2.15. The number of imidazole rings is 1. The Bertz CT molecular complexity index is 544. The highest BCUT2D eigenvalue weighted by Crippen LogP contribution is 2.22. The van der Waals surface area contributed by atoms with E-state index in [1.165, 1.54) is 12.3 Å². The highest BCUT2D eigenvalue weighted by Gasteiger charge is 2.18. The van der Waals surface area contributed by atoms with E-state index in [1.54, 1.807) is 6.07 Å². The van der Waals surface area contributed by atoms with Gasteiger partial charge in [-0.3, -0.25) is 4.98 Å². The molecule has 0 saturated heterocycles. The number of hydrogen-bond acceptors (Lipinski definition) is 3. The summed E-state index contributed by atoms with van der Waals surface area (Å²) >= 11 is 0. The second-order valence-electron chi connectivity index (χ2n) is 4.15. The molecule has 1 N–H and O–H groups in total. The smallest absolute Gasteiger partial charge is 0.141 e. The largest absolute Gasteiger partial charge is 0.329 e. The van der Waals surface area contributed by atoms with Gasteiger partial charge >= 0.3 is 0 Å². The Morgan fingerprint density at radius 3 is 3.00 bits per heavy atom. The summed E-state index contributed by atoms with van der Waals surface area (Å²) in [6.07, 6.45) is 1.23. The van der Waals surface area contributed by atoms with Crippen molar-refractivity contribution in [2.75, 3.05) is 6.54 Å². The SMILES string of the molecule is Cc1c(-c2ccc(F)cn2)nc2n1CCNC2. The molecule has 4 nitrogen and oxygen atoms in total.